The van der Waals surface area contributed by atoms with Crippen molar-refractivity contribution in [1.82, 2.24) is 4.98 Å². The highest BCUT2D eigenvalue weighted by Crippen LogP contribution is 2.35. The van der Waals surface area contributed by atoms with Crippen molar-refractivity contribution in [3.8, 4) is 5.75 Å². The van der Waals surface area contributed by atoms with Crippen LogP contribution in [0.4, 0.5) is 0 Å². The summed E-state index contributed by atoms with van der Waals surface area (Å²) in [5.41, 5.74) is 2.55. The van der Waals surface area contributed by atoms with Gasteiger partial charge >= 0.3 is 5.97 Å². The average Bonchev–Trinajstić information content (AvgIpc) is 3.36. The Morgan fingerprint density at radius 3 is 2.56 bits per heavy atom. The second kappa shape index (κ2) is 11.1. The molecule has 9 heteroatoms. The standard InChI is InChI=1S/C27H32NO8/c1-16(2)8-9-17-10-11-20-19(12-17)22(21(13-29)28-20)35-26(32)24-23(25(31)27(33,15-30)36-24)34-14-18-6-4-3-5-7-18/h3-7,10-12,16,23-25,29-31,33H,8-9,13-15H2,1-2H3/q-1. The maximum Gasteiger partial charge on any atom is 0.343 e. The van der Waals surface area contributed by atoms with Crippen LogP contribution in [0, 0.1) is 5.92 Å². The fourth-order valence-corrected chi connectivity index (χ4v) is 4.24. The van der Waals surface area contributed by atoms with Crippen molar-refractivity contribution in [3.05, 3.63) is 65.4 Å². The number of aliphatic hydroxyl groups is 4. The van der Waals surface area contributed by atoms with Crippen LogP contribution < -0.4 is 9.72 Å². The lowest BCUT2D eigenvalue weighted by atomic mass is 10.0. The summed E-state index contributed by atoms with van der Waals surface area (Å²) in [6.07, 6.45) is -2.75. The number of carbonyl (C=O) groups excluding carboxylic acids is 1. The molecule has 0 amide bonds. The molecule has 2 heterocycles. The minimum atomic E-state index is -2.40. The third-order valence-electron chi connectivity index (χ3n) is 6.33. The molecule has 4 atom stereocenters. The van der Waals surface area contributed by atoms with Gasteiger partial charge in [-0.1, -0.05) is 62.0 Å². The van der Waals surface area contributed by atoms with Crippen molar-refractivity contribution in [2.24, 2.45) is 5.92 Å². The molecule has 2 aromatic carbocycles. The highest BCUT2D eigenvalue weighted by Gasteiger charge is 2.57. The molecule has 4 N–H and O–H groups in total. The monoisotopic (exact) mass is 498 g/mol. The molecule has 36 heavy (non-hydrogen) atoms. The van der Waals surface area contributed by atoms with Crippen LogP contribution in [0.5, 0.6) is 5.75 Å². The van der Waals surface area contributed by atoms with E-state index in [0.717, 1.165) is 24.0 Å². The highest BCUT2D eigenvalue weighted by atomic mass is 16.7. The summed E-state index contributed by atoms with van der Waals surface area (Å²) in [6.45, 7) is 2.89. The first-order chi connectivity index (χ1) is 17.3. The molecular weight excluding hydrogens is 466 g/mol. The van der Waals surface area contributed by atoms with Gasteiger partial charge in [-0.05, 0) is 36.0 Å². The fraction of sp³-hybridized carbons (Fsp3) is 0.444. The van der Waals surface area contributed by atoms with Gasteiger partial charge in [0.25, 0.3) is 0 Å². The normalized spacial score (nSPS) is 24.0. The van der Waals surface area contributed by atoms with Crippen molar-refractivity contribution >= 4 is 16.9 Å². The van der Waals surface area contributed by atoms with Gasteiger partial charge in [0.2, 0.25) is 5.79 Å². The number of rotatable bonds is 10. The van der Waals surface area contributed by atoms with Crippen LogP contribution in [0.25, 0.3) is 10.9 Å². The van der Waals surface area contributed by atoms with E-state index in [4.69, 9.17) is 14.2 Å². The molecule has 0 bridgehead atoms. The van der Waals surface area contributed by atoms with Crippen LogP contribution in [0.3, 0.4) is 0 Å². The number of aliphatic hydroxyl groups excluding tert-OH is 3. The second-order valence-electron chi connectivity index (χ2n) is 9.50. The number of ether oxygens (including phenoxy) is 3. The molecule has 0 saturated carbocycles. The van der Waals surface area contributed by atoms with E-state index in [2.05, 4.69) is 18.8 Å². The third kappa shape index (κ3) is 5.46. The molecular formula is C27H32NO8-. The Kier molecular flexibility index (Phi) is 8.09. The molecule has 4 rings (SSSR count). The number of aromatic nitrogens is 1. The molecule has 0 spiro atoms. The van der Waals surface area contributed by atoms with Gasteiger partial charge in [0.1, 0.15) is 18.0 Å². The van der Waals surface area contributed by atoms with Crippen LogP contribution >= 0.6 is 0 Å². The number of esters is 1. The van der Waals surface area contributed by atoms with Crippen molar-refractivity contribution in [2.75, 3.05) is 6.61 Å². The van der Waals surface area contributed by atoms with E-state index in [1.54, 1.807) is 12.1 Å². The minimum absolute atomic E-state index is 0.0270. The number of nitrogens with zero attached hydrogens (tertiary/aromatic N) is 1. The zero-order chi connectivity index (χ0) is 25.9. The molecule has 4 unspecified atom stereocenters. The predicted molar refractivity (Wildman–Crippen MR) is 130 cm³/mol. The van der Waals surface area contributed by atoms with E-state index in [9.17, 15) is 25.2 Å². The van der Waals surface area contributed by atoms with Crippen LogP contribution in [-0.2, 0) is 33.9 Å². The first kappa shape index (κ1) is 26.3. The lowest BCUT2D eigenvalue weighted by Crippen LogP contribution is -2.46. The van der Waals surface area contributed by atoms with Gasteiger partial charge in [-0.25, -0.2) is 4.79 Å². The maximum atomic E-state index is 13.3. The SMILES string of the molecule is CC(C)CCc1ccc2[n-]c(CO)c(OC(=O)C3OC(O)(CO)C(O)C3OCc3ccccc3)c2c1. The summed E-state index contributed by atoms with van der Waals surface area (Å²) in [5, 5.41) is 41.2. The lowest BCUT2D eigenvalue weighted by Gasteiger charge is -2.23. The predicted octanol–water partition coefficient (Wildman–Crippen LogP) is 1.81. The van der Waals surface area contributed by atoms with Crippen LogP contribution in [0.2, 0.25) is 0 Å². The Bertz CT molecular complexity index is 1180. The first-order valence-corrected chi connectivity index (χ1v) is 12.0. The van der Waals surface area contributed by atoms with Crippen molar-refractivity contribution in [2.45, 2.75) is 64.0 Å². The van der Waals surface area contributed by atoms with E-state index in [-0.39, 0.29) is 18.1 Å². The number of aryl methyl sites for hydroxylation is 1. The van der Waals surface area contributed by atoms with Crippen LogP contribution in [0.15, 0.2) is 48.5 Å². The summed E-state index contributed by atoms with van der Waals surface area (Å²) in [4.78, 5) is 17.6. The van der Waals surface area contributed by atoms with E-state index < -0.39 is 43.3 Å². The van der Waals surface area contributed by atoms with Crippen LogP contribution in [0.1, 0.15) is 37.1 Å². The van der Waals surface area contributed by atoms with Crippen molar-refractivity contribution in [1.29, 1.82) is 0 Å². The Labute approximate surface area is 209 Å². The number of hydrogen-bond donors (Lipinski definition) is 4. The Morgan fingerprint density at radius 2 is 1.89 bits per heavy atom. The molecule has 1 aliphatic heterocycles. The number of benzene rings is 2. The molecule has 1 saturated heterocycles. The zero-order valence-corrected chi connectivity index (χ0v) is 20.3. The van der Waals surface area contributed by atoms with Gasteiger partial charge in [0, 0.05) is 5.39 Å². The summed E-state index contributed by atoms with van der Waals surface area (Å²) in [5.74, 6) is -2.74. The Morgan fingerprint density at radius 1 is 1.14 bits per heavy atom. The van der Waals surface area contributed by atoms with Crippen LogP contribution in [-0.4, -0.2) is 57.1 Å². The van der Waals surface area contributed by atoms with Crippen molar-refractivity contribution in [3.63, 3.8) is 0 Å². The van der Waals surface area contributed by atoms with Gasteiger partial charge in [-0.3, -0.25) is 0 Å². The molecule has 3 aromatic rings. The maximum absolute atomic E-state index is 13.3. The quantitative estimate of drug-likeness (QED) is 0.308. The Balaban J connectivity index is 1.59. The smallest absolute Gasteiger partial charge is 0.343 e. The molecule has 9 nitrogen and oxygen atoms in total. The van der Waals surface area contributed by atoms with Gasteiger partial charge in [-0.15, -0.1) is 5.52 Å². The number of carbonyl (C=O) groups is 1. The van der Waals surface area contributed by atoms with E-state index >= 15 is 0 Å². The van der Waals surface area contributed by atoms with Gasteiger partial charge < -0.3 is 39.6 Å². The van der Waals surface area contributed by atoms with E-state index in [1.165, 1.54) is 0 Å². The van der Waals surface area contributed by atoms with Gasteiger partial charge in [0.15, 0.2) is 6.10 Å². The first-order valence-electron chi connectivity index (χ1n) is 12.0. The number of hydrogen-bond acceptors (Lipinski definition) is 8. The van der Waals surface area contributed by atoms with Gasteiger partial charge in [-0.2, -0.15) is 0 Å². The summed E-state index contributed by atoms with van der Waals surface area (Å²) in [7, 11) is 0. The number of fused-ring (bicyclic) bond motifs is 1. The lowest BCUT2D eigenvalue weighted by molar-refractivity contribution is -0.246. The third-order valence-corrected chi connectivity index (χ3v) is 6.33. The fourth-order valence-electron chi connectivity index (χ4n) is 4.24. The molecule has 1 fully saturated rings. The average molecular weight is 499 g/mol. The van der Waals surface area contributed by atoms with E-state index in [1.807, 2.05) is 36.4 Å². The Hall–Kier alpha value is -2.79. The molecule has 194 valence electrons. The second-order valence-corrected chi connectivity index (χ2v) is 9.50. The van der Waals surface area contributed by atoms with Crippen molar-refractivity contribution < 1.29 is 39.4 Å². The van der Waals surface area contributed by atoms with E-state index in [0.29, 0.717) is 16.8 Å². The zero-order valence-electron chi connectivity index (χ0n) is 20.3. The molecule has 0 aliphatic carbocycles. The highest BCUT2D eigenvalue weighted by molar-refractivity contribution is 5.91. The molecule has 0 radical (unpaired) electrons. The topological polar surface area (TPSA) is 140 Å². The van der Waals surface area contributed by atoms with Gasteiger partial charge in [0.05, 0.1) is 19.8 Å². The molecule has 1 aliphatic rings. The molecule has 1 aromatic heterocycles. The minimum Gasteiger partial charge on any atom is -0.656 e. The largest absolute Gasteiger partial charge is 0.656 e. The summed E-state index contributed by atoms with van der Waals surface area (Å²) >= 11 is 0. The summed E-state index contributed by atoms with van der Waals surface area (Å²) in [6, 6.07) is 14.7. The summed E-state index contributed by atoms with van der Waals surface area (Å²) < 4.78 is 16.8.